The molecule has 3 fully saturated rings. The normalized spacial score (nSPS) is 37.2. The fourth-order valence-electron chi connectivity index (χ4n) is 9.62. The Balaban J connectivity index is 1.25. The van der Waals surface area contributed by atoms with E-state index in [1.807, 2.05) is 0 Å². The van der Waals surface area contributed by atoms with Gasteiger partial charge in [0.1, 0.15) is 6.10 Å². The Labute approximate surface area is 241 Å². The Morgan fingerprint density at radius 1 is 1.03 bits per heavy atom. The molecule has 4 aliphatic carbocycles. The monoisotopic (exact) mass is 558 g/mol. The number of hydrogen-bond donors (Lipinski definition) is 0. The predicted octanol–water partition coefficient (Wildman–Crippen LogP) is 10.6. The lowest BCUT2D eigenvalue weighted by Gasteiger charge is -2.58. The standard InChI is InChI=1S/C34H48Cl2O2/c1-21(2)7-6-8-22(3)28-13-14-29-26-11-9-23-19-25(38-32(37)27-12-10-24(35)20-31(27)36)15-17-33(23,4)30(26)16-18-34(28,29)5/h9-10,12,20-22,25-26,28-30H,6-8,11,13-19H2,1-5H3/t22-,25+,26-,28-,29+,30+,33+,34-/m0/s1. The molecule has 4 heteroatoms. The molecule has 38 heavy (non-hydrogen) atoms. The molecular formula is C34H48Cl2O2. The van der Waals surface area contributed by atoms with Crippen molar-refractivity contribution in [3.05, 3.63) is 45.5 Å². The maximum atomic E-state index is 12.9. The number of carbonyl (C=O) groups excluding carboxylic acids is 1. The molecule has 0 aromatic heterocycles. The fourth-order valence-corrected chi connectivity index (χ4v) is 10.1. The largest absolute Gasteiger partial charge is 0.458 e. The highest BCUT2D eigenvalue weighted by Gasteiger charge is 2.59. The number of fused-ring (bicyclic) bond motifs is 5. The molecule has 0 saturated heterocycles. The molecule has 0 heterocycles. The van der Waals surface area contributed by atoms with Crippen LogP contribution in [0.5, 0.6) is 0 Å². The number of rotatable bonds is 7. The zero-order valence-corrected chi connectivity index (χ0v) is 25.7. The van der Waals surface area contributed by atoms with Gasteiger partial charge in [0.25, 0.3) is 0 Å². The third kappa shape index (κ3) is 5.23. The van der Waals surface area contributed by atoms with Gasteiger partial charge in [-0.05, 0) is 109 Å². The second kappa shape index (κ2) is 11.1. The number of allylic oxidation sites excluding steroid dienone is 1. The van der Waals surface area contributed by atoms with Crippen LogP contribution in [0.2, 0.25) is 10.0 Å². The minimum absolute atomic E-state index is 0.0680. The number of hydrogen-bond acceptors (Lipinski definition) is 2. The summed E-state index contributed by atoms with van der Waals surface area (Å²) in [7, 11) is 0. The lowest BCUT2D eigenvalue weighted by molar-refractivity contribution is -0.0594. The Bertz CT molecular complexity index is 1060. The Kier molecular flexibility index (Phi) is 8.35. The van der Waals surface area contributed by atoms with Crippen LogP contribution in [0.4, 0.5) is 0 Å². The minimum atomic E-state index is -0.331. The molecule has 3 saturated carbocycles. The van der Waals surface area contributed by atoms with E-state index >= 15 is 0 Å². The van der Waals surface area contributed by atoms with Gasteiger partial charge in [0.05, 0.1) is 10.6 Å². The van der Waals surface area contributed by atoms with Crippen molar-refractivity contribution >= 4 is 29.2 Å². The first kappa shape index (κ1) is 28.5. The van der Waals surface area contributed by atoms with Crippen LogP contribution >= 0.6 is 23.2 Å². The van der Waals surface area contributed by atoms with E-state index in [0.717, 1.165) is 54.8 Å². The summed E-state index contributed by atoms with van der Waals surface area (Å²) in [6.45, 7) is 12.5. The summed E-state index contributed by atoms with van der Waals surface area (Å²) in [4.78, 5) is 12.9. The zero-order chi connectivity index (χ0) is 27.2. The van der Waals surface area contributed by atoms with Crippen molar-refractivity contribution in [3.63, 3.8) is 0 Å². The average Bonchev–Trinajstić information content (AvgIpc) is 3.21. The topological polar surface area (TPSA) is 26.3 Å². The second-order valence-corrected chi connectivity index (χ2v) is 15.0. The smallest absolute Gasteiger partial charge is 0.339 e. The van der Waals surface area contributed by atoms with Gasteiger partial charge in [0.2, 0.25) is 0 Å². The van der Waals surface area contributed by atoms with Crippen LogP contribution in [0.1, 0.15) is 116 Å². The molecule has 0 aliphatic heterocycles. The van der Waals surface area contributed by atoms with Crippen LogP contribution in [0.25, 0.3) is 0 Å². The van der Waals surface area contributed by atoms with Gasteiger partial charge in [-0.3, -0.25) is 0 Å². The molecule has 1 aromatic rings. The first-order valence-corrected chi connectivity index (χ1v) is 16.1. The summed E-state index contributed by atoms with van der Waals surface area (Å²) < 4.78 is 5.99. The molecule has 0 bridgehead atoms. The Morgan fingerprint density at radius 3 is 2.55 bits per heavy atom. The van der Waals surface area contributed by atoms with Crippen molar-refractivity contribution in [1.29, 1.82) is 0 Å². The summed E-state index contributed by atoms with van der Waals surface area (Å²) in [5.41, 5.74) is 2.73. The lowest BCUT2D eigenvalue weighted by Crippen LogP contribution is -2.51. The summed E-state index contributed by atoms with van der Waals surface area (Å²) in [6.07, 6.45) is 16.4. The lowest BCUT2D eigenvalue weighted by atomic mass is 9.47. The Hall–Kier alpha value is -0.990. The molecule has 2 nitrogen and oxygen atoms in total. The molecule has 8 atom stereocenters. The summed E-state index contributed by atoms with van der Waals surface area (Å²) in [5.74, 6) is 4.71. The van der Waals surface area contributed by atoms with Crippen LogP contribution in [0.3, 0.4) is 0 Å². The van der Waals surface area contributed by atoms with Crippen LogP contribution in [0.15, 0.2) is 29.8 Å². The number of benzene rings is 1. The molecule has 0 amide bonds. The van der Waals surface area contributed by atoms with Crippen molar-refractivity contribution in [3.8, 4) is 0 Å². The predicted molar refractivity (Wildman–Crippen MR) is 159 cm³/mol. The number of esters is 1. The summed E-state index contributed by atoms with van der Waals surface area (Å²) >= 11 is 12.3. The first-order chi connectivity index (χ1) is 18.0. The van der Waals surface area contributed by atoms with Crippen LogP contribution in [-0.2, 0) is 4.74 Å². The van der Waals surface area contributed by atoms with E-state index in [1.54, 1.807) is 23.8 Å². The van der Waals surface area contributed by atoms with E-state index in [-0.39, 0.29) is 17.5 Å². The molecule has 0 radical (unpaired) electrons. The second-order valence-electron chi connectivity index (χ2n) is 14.2. The van der Waals surface area contributed by atoms with E-state index in [0.29, 0.717) is 21.0 Å². The van der Waals surface area contributed by atoms with E-state index in [9.17, 15) is 4.79 Å². The van der Waals surface area contributed by atoms with Gasteiger partial charge in [-0.1, -0.05) is 88.7 Å². The summed E-state index contributed by atoms with van der Waals surface area (Å²) in [6, 6.07) is 4.98. The minimum Gasteiger partial charge on any atom is -0.458 e. The highest BCUT2D eigenvalue weighted by atomic mass is 35.5. The van der Waals surface area contributed by atoms with Gasteiger partial charge in [-0.25, -0.2) is 4.79 Å². The molecule has 0 unspecified atom stereocenters. The van der Waals surface area contributed by atoms with Crippen LogP contribution < -0.4 is 0 Å². The SMILES string of the molecule is CC(C)CCC[C@H](C)[C@@H]1CC[C@@H]2[C@@H]3CC=C4C[C@H](OC(=O)c5ccc(Cl)cc5Cl)CC[C@@]4(C)[C@@H]3CC[C@]21C. The van der Waals surface area contributed by atoms with Gasteiger partial charge in [0.15, 0.2) is 0 Å². The molecule has 0 N–H and O–H groups in total. The van der Waals surface area contributed by atoms with Crippen LogP contribution in [-0.4, -0.2) is 12.1 Å². The van der Waals surface area contributed by atoms with Crippen LogP contribution in [0, 0.1) is 46.3 Å². The van der Waals surface area contributed by atoms with Crippen molar-refractivity contribution in [2.45, 2.75) is 111 Å². The number of carbonyl (C=O) groups is 1. The van der Waals surface area contributed by atoms with Crippen molar-refractivity contribution in [2.24, 2.45) is 46.3 Å². The third-order valence-corrected chi connectivity index (χ3v) is 12.2. The third-order valence-electron chi connectivity index (χ3n) is 11.7. The number of halogens is 2. The fraction of sp³-hybridized carbons (Fsp3) is 0.735. The average molecular weight is 560 g/mol. The molecule has 5 rings (SSSR count). The zero-order valence-electron chi connectivity index (χ0n) is 24.2. The van der Waals surface area contributed by atoms with Crippen molar-refractivity contribution in [1.82, 2.24) is 0 Å². The molecule has 210 valence electrons. The highest BCUT2D eigenvalue weighted by Crippen LogP contribution is 2.67. The first-order valence-electron chi connectivity index (χ1n) is 15.4. The van der Waals surface area contributed by atoms with E-state index in [1.165, 1.54) is 51.4 Å². The molecule has 0 spiro atoms. The van der Waals surface area contributed by atoms with Gasteiger partial charge in [0, 0.05) is 11.4 Å². The highest BCUT2D eigenvalue weighted by molar-refractivity contribution is 6.36. The maximum Gasteiger partial charge on any atom is 0.339 e. The summed E-state index contributed by atoms with van der Waals surface area (Å²) in [5, 5.41) is 0.886. The number of ether oxygens (including phenoxy) is 1. The van der Waals surface area contributed by atoms with Gasteiger partial charge in [-0.2, -0.15) is 0 Å². The van der Waals surface area contributed by atoms with Gasteiger partial charge >= 0.3 is 5.97 Å². The van der Waals surface area contributed by atoms with E-state index in [4.69, 9.17) is 27.9 Å². The van der Waals surface area contributed by atoms with Gasteiger partial charge < -0.3 is 4.74 Å². The van der Waals surface area contributed by atoms with Crippen molar-refractivity contribution in [2.75, 3.05) is 0 Å². The molecular weight excluding hydrogens is 511 g/mol. The molecule has 1 aromatic carbocycles. The van der Waals surface area contributed by atoms with Gasteiger partial charge in [-0.15, -0.1) is 0 Å². The Morgan fingerprint density at radius 2 is 1.82 bits per heavy atom. The maximum absolute atomic E-state index is 12.9. The quantitative estimate of drug-likeness (QED) is 0.245. The van der Waals surface area contributed by atoms with E-state index < -0.39 is 0 Å². The van der Waals surface area contributed by atoms with E-state index in [2.05, 4.69) is 40.7 Å². The molecule has 4 aliphatic rings. The van der Waals surface area contributed by atoms with Crippen molar-refractivity contribution < 1.29 is 9.53 Å².